The molecule has 0 spiro atoms. The van der Waals surface area contributed by atoms with Crippen LogP contribution in [0.5, 0.6) is 5.75 Å². The lowest BCUT2D eigenvalue weighted by Gasteiger charge is -2.31. The van der Waals surface area contributed by atoms with Crippen molar-refractivity contribution in [2.24, 2.45) is 13.0 Å². The van der Waals surface area contributed by atoms with Crippen molar-refractivity contribution in [3.05, 3.63) is 69.8 Å². The molecule has 1 aromatic heterocycles. The van der Waals surface area contributed by atoms with E-state index in [9.17, 15) is 18.0 Å². The number of nitrogens with zero attached hydrogens (tertiary/aromatic N) is 5. The van der Waals surface area contributed by atoms with Crippen LogP contribution in [-0.2, 0) is 44.6 Å². The van der Waals surface area contributed by atoms with E-state index in [1.807, 2.05) is 17.7 Å². The Morgan fingerprint density at radius 3 is 2.65 bits per heavy atom. The van der Waals surface area contributed by atoms with E-state index in [0.717, 1.165) is 68.6 Å². The van der Waals surface area contributed by atoms with Crippen molar-refractivity contribution >= 4 is 11.6 Å². The highest BCUT2D eigenvalue weighted by Crippen LogP contribution is 2.49. The molecule has 228 valence electrons. The quantitative estimate of drug-likeness (QED) is 0.340. The Balaban J connectivity index is 1.28. The van der Waals surface area contributed by atoms with E-state index in [1.165, 1.54) is 11.0 Å². The van der Waals surface area contributed by atoms with E-state index in [4.69, 9.17) is 4.74 Å². The molecule has 1 saturated heterocycles. The number of likely N-dealkylation sites (tertiary alicyclic amines) is 1. The minimum atomic E-state index is -4.56. The van der Waals surface area contributed by atoms with Gasteiger partial charge in [-0.1, -0.05) is 25.8 Å². The Bertz CT molecular complexity index is 1560. The minimum Gasteiger partial charge on any atom is -0.491 e. The first-order chi connectivity index (χ1) is 20.6. The zero-order valence-electron chi connectivity index (χ0n) is 24.8. The van der Waals surface area contributed by atoms with Gasteiger partial charge in [-0.05, 0) is 78.6 Å². The zero-order valence-corrected chi connectivity index (χ0v) is 24.8. The summed E-state index contributed by atoms with van der Waals surface area (Å²) in [4.78, 5) is 17.8. The molecule has 0 unspecified atom stereocenters. The molecule has 4 aliphatic rings. The third-order valence-electron chi connectivity index (χ3n) is 10.1. The van der Waals surface area contributed by atoms with Crippen molar-refractivity contribution in [3.63, 3.8) is 0 Å². The molecule has 0 radical (unpaired) electrons. The molecule has 0 N–H and O–H groups in total. The maximum absolute atomic E-state index is 14.5. The summed E-state index contributed by atoms with van der Waals surface area (Å²) < 4.78 is 51.5. The van der Waals surface area contributed by atoms with Crippen molar-refractivity contribution in [1.29, 1.82) is 0 Å². The highest BCUT2D eigenvalue weighted by molar-refractivity contribution is 6.11. The van der Waals surface area contributed by atoms with Crippen molar-refractivity contribution in [2.45, 2.75) is 83.0 Å². The molecule has 7 rings (SSSR count). The minimum absolute atomic E-state index is 0.0556. The molecule has 1 amide bonds. The van der Waals surface area contributed by atoms with Gasteiger partial charge in [-0.3, -0.25) is 9.69 Å². The molecule has 43 heavy (non-hydrogen) atoms. The number of aryl methyl sites for hydroxylation is 1. The number of anilines is 1. The third-order valence-corrected chi connectivity index (χ3v) is 10.1. The van der Waals surface area contributed by atoms with Crippen LogP contribution in [0.2, 0.25) is 0 Å². The van der Waals surface area contributed by atoms with Crippen molar-refractivity contribution in [3.8, 4) is 5.75 Å². The normalized spacial score (nSPS) is 21.7. The predicted molar refractivity (Wildman–Crippen MR) is 156 cm³/mol. The topological polar surface area (TPSA) is 63.5 Å². The molecule has 3 aromatic rings. The van der Waals surface area contributed by atoms with Crippen LogP contribution in [0.1, 0.15) is 89.4 Å². The lowest BCUT2D eigenvalue weighted by molar-refractivity contribution is -0.138. The number of hydrogen-bond donors (Lipinski definition) is 0. The van der Waals surface area contributed by atoms with Crippen LogP contribution in [0.4, 0.5) is 18.9 Å². The van der Waals surface area contributed by atoms with Gasteiger partial charge in [0.25, 0.3) is 5.91 Å². The first-order valence-electron chi connectivity index (χ1n) is 15.5. The second kappa shape index (κ2) is 10.6. The lowest BCUT2D eigenvalue weighted by Crippen LogP contribution is -2.33. The summed E-state index contributed by atoms with van der Waals surface area (Å²) in [7, 11) is 1.94. The number of halogens is 3. The highest BCUT2D eigenvalue weighted by atomic mass is 19.4. The summed E-state index contributed by atoms with van der Waals surface area (Å²) in [5, 5.41) is 8.44. The van der Waals surface area contributed by atoms with E-state index in [2.05, 4.69) is 28.1 Å². The van der Waals surface area contributed by atoms with Gasteiger partial charge in [-0.2, -0.15) is 13.2 Å². The van der Waals surface area contributed by atoms with Gasteiger partial charge in [0.05, 0.1) is 24.4 Å². The van der Waals surface area contributed by atoms with Gasteiger partial charge >= 0.3 is 6.18 Å². The summed E-state index contributed by atoms with van der Waals surface area (Å²) in [5.41, 5.74) is 2.56. The van der Waals surface area contributed by atoms with Gasteiger partial charge in [0.2, 0.25) is 0 Å². The Labute approximate surface area is 250 Å². The number of carbonyl (C=O) groups is 1. The number of rotatable bonds is 6. The molecule has 4 heterocycles. The molecular formula is C33H38F3N5O2. The average Bonchev–Trinajstić information content (AvgIpc) is 3.77. The molecular weight excluding hydrogens is 555 g/mol. The van der Waals surface area contributed by atoms with E-state index in [0.29, 0.717) is 48.9 Å². The first kappa shape index (κ1) is 28.4. The highest BCUT2D eigenvalue weighted by Gasteiger charge is 2.43. The van der Waals surface area contributed by atoms with Gasteiger partial charge < -0.3 is 14.2 Å². The fourth-order valence-electron chi connectivity index (χ4n) is 7.88. The van der Waals surface area contributed by atoms with Gasteiger partial charge in [0.15, 0.2) is 0 Å². The molecule has 10 heteroatoms. The average molecular weight is 594 g/mol. The number of aromatic nitrogens is 3. The number of piperidine rings is 1. The standard InChI is InChI=1S/C33H38F3N5O2/c1-21-6-5-10-40(17-21)18-22-12-25-26(27(13-22)33(34,35)36)19-41(31(25)42)28-15-24(14-23-7-11-43-30(23)28)32(8-3-4-9-32)16-29-38-37-20-39(29)2/h12-15,20-21H,3-11,16-19H2,1-2H3/t21-/m0/s1. The third kappa shape index (κ3) is 5.11. The summed E-state index contributed by atoms with van der Waals surface area (Å²) in [5.74, 6) is 1.63. The van der Waals surface area contributed by atoms with E-state index in [-0.39, 0.29) is 23.1 Å². The van der Waals surface area contributed by atoms with Crippen LogP contribution in [0.15, 0.2) is 30.6 Å². The summed E-state index contributed by atoms with van der Waals surface area (Å²) in [6.45, 7) is 4.66. The fourth-order valence-corrected chi connectivity index (χ4v) is 7.88. The molecule has 1 saturated carbocycles. The number of fused-ring (bicyclic) bond motifs is 2. The summed E-state index contributed by atoms with van der Waals surface area (Å²) >= 11 is 0. The van der Waals surface area contributed by atoms with Crippen LogP contribution in [0.3, 0.4) is 0 Å². The summed E-state index contributed by atoms with van der Waals surface area (Å²) in [6.07, 6.45) is 4.86. The second-order valence-corrected chi connectivity index (χ2v) is 13.1. The predicted octanol–water partition coefficient (Wildman–Crippen LogP) is 6.22. The van der Waals surface area contributed by atoms with Crippen LogP contribution >= 0.6 is 0 Å². The van der Waals surface area contributed by atoms with Gasteiger partial charge in [-0.25, -0.2) is 0 Å². The van der Waals surface area contributed by atoms with Crippen LogP contribution in [-0.4, -0.2) is 45.3 Å². The Morgan fingerprint density at radius 1 is 1.12 bits per heavy atom. The second-order valence-electron chi connectivity index (χ2n) is 13.1. The Kier molecular flexibility index (Phi) is 7.02. The number of carbonyl (C=O) groups excluding carboxylic acids is 1. The number of alkyl halides is 3. The van der Waals surface area contributed by atoms with Crippen LogP contribution < -0.4 is 9.64 Å². The number of amides is 1. The van der Waals surface area contributed by atoms with E-state index < -0.39 is 17.6 Å². The number of hydrogen-bond acceptors (Lipinski definition) is 5. The smallest absolute Gasteiger partial charge is 0.416 e. The Morgan fingerprint density at radius 2 is 1.93 bits per heavy atom. The van der Waals surface area contributed by atoms with Gasteiger partial charge in [0, 0.05) is 44.0 Å². The maximum atomic E-state index is 14.5. The molecule has 3 aliphatic heterocycles. The molecule has 7 nitrogen and oxygen atoms in total. The van der Waals surface area contributed by atoms with Crippen molar-refractivity contribution in [1.82, 2.24) is 19.7 Å². The van der Waals surface area contributed by atoms with Crippen molar-refractivity contribution in [2.75, 3.05) is 24.6 Å². The van der Waals surface area contributed by atoms with Gasteiger partial charge in [0.1, 0.15) is 17.9 Å². The largest absolute Gasteiger partial charge is 0.491 e. The molecule has 1 atom stereocenters. The van der Waals surface area contributed by atoms with Gasteiger partial charge in [-0.15, -0.1) is 10.2 Å². The van der Waals surface area contributed by atoms with Crippen LogP contribution in [0.25, 0.3) is 0 Å². The Hall–Kier alpha value is -3.40. The number of ether oxygens (including phenoxy) is 1. The van der Waals surface area contributed by atoms with Crippen LogP contribution in [0, 0.1) is 5.92 Å². The molecule has 2 fully saturated rings. The summed E-state index contributed by atoms with van der Waals surface area (Å²) in [6, 6.07) is 7.17. The maximum Gasteiger partial charge on any atom is 0.416 e. The number of benzene rings is 2. The van der Waals surface area contributed by atoms with E-state index >= 15 is 0 Å². The van der Waals surface area contributed by atoms with E-state index in [1.54, 1.807) is 12.4 Å². The molecule has 1 aliphatic carbocycles. The fraction of sp³-hybridized carbons (Fsp3) is 0.545. The zero-order chi connectivity index (χ0) is 29.9. The molecule has 2 aromatic carbocycles. The molecule has 0 bridgehead atoms. The first-order valence-corrected chi connectivity index (χ1v) is 15.5. The lowest BCUT2D eigenvalue weighted by atomic mass is 9.75. The monoisotopic (exact) mass is 593 g/mol. The SMILES string of the molecule is C[C@H]1CCCN(Cc2cc3c(c(C(F)(F)F)c2)CN(c2cc(C4(Cc5nncn5C)CCCC4)cc4c2OCC4)C3=O)C1. The van der Waals surface area contributed by atoms with Crippen molar-refractivity contribution < 1.29 is 22.7 Å².